The van der Waals surface area contributed by atoms with Crippen LogP contribution in [0.1, 0.15) is 19.0 Å². The molecule has 1 aliphatic rings. The molecule has 0 saturated carbocycles. The largest absolute Gasteiger partial charge is 0.350 e. The molecule has 3 heterocycles. The van der Waals surface area contributed by atoms with Gasteiger partial charge in [-0.3, -0.25) is 14.6 Å². The van der Waals surface area contributed by atoms with Gasteiger partial charge < -0.3 is 5.32 Å². The molecule has 7 nitrogen and oxygen atoms in total. The number of anilines is 3. The van der Waals surface area contributed by atoms with Crippen LogP contribution >= 0.6 is 11.3 Å². The molecule has 0 radical (unpaired) electrons. The number of nitrogens with zero attached hydrogens (tertiary/aromatic N) is 5. The SMILES string of the molecule is CC(=O)N(c1ccccc1)c1nc(CN2CCC(Nc3ncccn3)C2)cs1. The van der Waals surface area contributed by atoms with Crippen molar-refractivity contribution in [3.8, 4) is 0 Å². The highest BCUT2D eigenvalue weighted by molar-refractivity contribution is 7.14. The summed E-state index contributed by atoms with van der Waals surface area (Å²) in [5.74, 6) is 0.630. The molecule has 0 bridgehead atoms. The van der Waals surface area contributed by atoms with Gasteiger partial charge >= 0.3 is 0 Å². The van der Waals surface area contributed by atoms with E-state index in [9.17, 15) is 4.79 Å². The van der Waals surface area contributed by atoms with Crippen LogP contribution in [0, 0.1) is 0 Å². The maximum absolute atomic E-state index is 12.2. The van der Waals surface area contributed by atoms with E-state index in [2.05, 4.69) is 20.2 Å². The molecule has 144 valence electrons. The Kier molecular flexibility index (Phi) is 5.59. The normalized spacial score (nSPS) is 16.8. The van der Waals surface area contributed by atoms with E-state index in [4.69, 9.17) is 4.98 Å². The second kappa shape index (κ2) is 8.45. The quantitative estimate of drug-likeness (QED) is 0.691. The summed E-state index contributed by atoms with van der Waals surface area (Å²) in [6.07, 6.45) is 4.53. The van der Waals surface area contributed by atoms with Crippen LogP contribution in [0.4, 0.5) is 16.8 Å². The summed E-state index contributed by atoms with van der Waals surface area (Å²) < 4.78 is 0. The van der Waals surface area contributed by atoms with Gasteiger partial charge in [0.05, 0.1) is 11.4 Å². The summed E-state index contributed by atoms with van der Waals surface area (Å²) in [4.78, 5) is 29.4. The lowest BCUT2D eigenvalue weighted by Crippen LogP contribution is -2.27. The summed E-state index contributed by atoms with van der Waals surface area (Å²) in [6, 6.07) is 11.8. The predicted molar refractivity (Wildman–Crippen MR) is 111 cm³/mol. The highest BCUT2D eigenvalue weighted by Crippen LogP contribution is 2.29. The van der Waals surface area contributed by atoms with Crippen molar-refractivity contribution in [2.75, 3.05) is 23.3 Å². The Bertz CT molecular complexity index is 917. The fourth-order valence-electron chi connectivity index (χ4n) is 3.35. The monoisotopic (exact) mass is 394 g/mol. The van der Waals surface area contributed by atoms with Crippen molar-refractivity contribution in [2.24, 2.45) is 0 Å². The van der Waals surface area contributed by atoms with E-state index in [1.165, 1.54) is 11.3 Å². The van der Waals surface area contributed by atoms with Crippen LogP contribution in [0.15, 0.2) is 54.2 Å². The molecule has 3 aromatic rings. The number of rotatable bonds is 6. The summed E-state index contributed by atoms with van der Waals surface area (Å²) in [5, 5.41) is 6.13. The molecule has 0 aliphatic carbocycles. The molecule has 1 aromatic carbocycles. The number of benzene rings is 1. The van der Waals surface area contributed by atoms with Crippen molar-refractivity contribution in [3.63, 3.8) is 0 Å². The third-order valence-corrected chi connectivity index (χ3v) is 5.49. The number of thiazole rings is 1. The zero-order valence-corrected chi connectivity index (χ0v) is 16.5. The zero-order valence-electron chi connectivity index (χ0n) is 15.7. The van der Waals surface area contributed by atoms with E-state index in [1.54, 1.807) is 24.2 Å². The minimum atomic E-state index is -0.0413. The lowest BCUT2D eigenvalue weighted by Gasteiger charge is -2.18. The van der Waals surface area contributed by atoms with Crippen molar-refractivity contribution < 1.29 is 4.79 Å². The Hall–Kier alpha value is -2.84. The first kappa shape index (κ1) is 18.5. The predicted octanol–water partition coefficient (Wildman–Crippen LogP) is 3.30. The summed E-state index contributed by atoms with van der Waals surface area (Å²) in [5.41, 5.74) is 1.82. The average Bonchev–Trinajstić information content (AvgIpc) is 3.33. The van der Waals surface area contributed by atoms with Gasteiger partial charge in [-0.15, -0.1) is 11.3 Å². The van der Waals surface area contributed by atoms with Gasteiger partial charge in [-0.1, -0.05) is 18.2 Å². The Morgan fingerprint density at radius 2 is 2.04 bits per heavy atom. The van der Waals surface area contributed by atoms with Crippen LogP contribution in [-0.2, 0) is 11.3 Å². The minimum Gasteiger partial charge on any atom is -0.350 e. The Morgan fingerprint density at radius 1 is 1.25 bits per heavy atom. The lowest BCUT2D eigenvalue weighted by atomic mass is 10.3. The number of likely N-dealkylation sites (tertiary alicyclic amines) is 1. The van der Waals surface area contributed by atoms with Crippen LogP contribution in [0.3, 0.4) is 0 Å². The maximum Gasteiger partial charge on any atom is 0.230 e. The summed E-state index contributed by atoms with van der Waals surface area (Å²) >= 11 is 1.50. The highest BCUT2D eigenvalue weighted by Gasteiger charge is 2.24. The number of carbonyl (C=O) groups is 1. The van der Waals surface area contributed by atoms with Crippen molar-refractivity contribution in [2.45, 2.75) is 25.9 Å². The zero-order chi connectivity index (χ0) is 19.3. The lowest BCUT2D eigenvalue weighted by molar-refractivity contribution is -0.115. The molecular weight excluding hydrogens is 372 g/mol. The molecule has 1 atom stereocenters. The molecule has 2 aromatic heterocycles. The van der Waals surface area contributed by atoms with Crippen LogP contribution < -0.4 is 10.2 Å². The minimum absolute atomic E-state index is 0.0413. The highest BCUT2D eigenvalue weighted by atomic mass is 32.1. The molecule has 1 saturated heterocycles. The van der Waals surface area contributed by atoms with Crippen molar-refractivity contribution in [1.29, 1.82) is 0 Å². The standard InChI is InChI=1S/C20H22N6OS/c1-15(27)26(18-6-3-2-4-7-18)20-24-17(14-28-20)13-25-11-8-16(12-25)23-19-21-9-5-10-22-19/h2-7,9-10,14,16H,8,11-13H2,1H3,(H,21,22,23). The van der Waals surface area contributed by atoms with E-state index in [0.717, 1.165) is 37.4 Å². The van der Waals surface area contributed by atoms with Crippen LogP contribution in [-0.4, -0.2) is 44.9 Å². The molecule has 1 N–H and O–H groups in total. The first-order valence-corrected chi connectivity index (χ1v) is 10.1. The van der Waals surface area contributed by atoms with Crippen LogP contribution in [0.25, 0.3) is 0 Å². The van der Waals surface area contributed by atoms with Crippen molar-refractivity contribution in [1.82, 2.24) is 19.9 Å². The first-order chi connectivity index (χ1) is 13.7. The van der Waals surface area contributed by atoms with Gasteiger partial charge in [0.1, 0.15) is 0 Å². The van der Waals surface area contributed by atoms with Gasteiger partial charge in [0, 0.05) is 50.4 Å². The molecule has 8 heteroatoms. The molecular formula is C20H22N6OS. The molecule has 1 unspecified atom stereocenters. The molecule has 28 heavy (non-hydrogen) atoms. The van der Waals surface area contributed by atoms with E-state index in [1.807, 2.05) is 41.8 Å². The summed E-state index contributed by atoms with van der Waals surface area (Å²) in [7, 11) is 0. The second-order valence-electron chi connectivity index (χ2n) is 6.75. The van der Waals surface area contributed by atoms with E-state index >= 15 is 0 Å². The number of aromatic nitrogens is 3. The third-order valence-electron chi connectivity index (χ3n) is 4.62. The molecule has 1 amide bonds. The van der Waals surface area contributed by atoms with Gasteiger partial charge in [-0.2, -0.15) is 0 Å². The molecule has 0 spiro atoms. The number of nitrogens with one attached hydrogen (secondary N) is 1. The molecule has 1 aliphatic heterocycles. The average molecular weight is 395 g/mol. The smallest absolute Gasteiger partial charge is 0.230 e. The van der Waals surface area contributed by atoms with Gasteiger partial charge in [0.15, 0.2) is 5.13 Å². The van der Waals surface area contributed by atoms with E-state index in [0.29, 0.717) is 17.1 Å². The number of hydrogen-bond acceptors (Lipinski definition) is 7. The van der Waals surface area contributed by atoms with E-state index in [-0.39, 0.29) is 5.91 Å². The van der Waals surface area contributed by atoms with Gasteiger partial charge in [-0.25, -0.2) is 15.0 Å². The molecule has 1 fully saturated rings. The Labute approximate surface area is 168 Å². The van der Waals surface area contributed by atoms with Gasteiger partial charge in [0.25, 0.3) is 0 Å². The fourth-order valence-corrected chi connectivity index (χ4v) is 4.23. The van der Waals surface area contributed by atoms with Gasteiger partial charge in [-0.05, 0) is 24.6 Å². The topological polar surface area (TPSA) is 74.2 Å². The number of para-hydroxylation sites is 1. The Balaban J connectivity index is 1.39. The van der Waals surface area contributed by atoms with Crippen molar-refractivity contribution >= 4 is 34.0 Å². The van der Waals surface area contributed by atoms with Gasteiger partial charge in [0.2, 0.25) is 11.9 Å². The maximum atomic E-state index is 12.2. The fraction of sp³-hybridized carbons (Fsp3) is 0.300. The number of carbonyl (C=O) groups excluding carboxylic acids is 1. The number of amides is 1. The number of hydrogen-bond donors (Lipinski definition) is 1. The third kappa shape index (κ3) is 4.35. The van der Waals surface area contributed by atoms with E-state index < -0.39 is 0 Å². The van der Waals surface area contributed by atoms with Crippen LogP contribution in [0.2, 0.25) is 0 Å². The first-order valence-electron chi connectivity index (χ1n) is 9.25. The Morgan fingerprint density at radius 3 is 2.79 bits per heavy atom. The van der Waals surface area contributed by atoms with Crippen molar-refractivity contribution in [3.05, 3.63) is 59.9 Å². The molecule has 4 rings (SSSR count). The second-order valence-corrected chi connectivity index (χ2v) is 7.59. The summed E-state index contributed by atoms with van der Waals surface area (Å²) in [6.45, 7) is 4.24. The van der Waals surface area contributed by atoms with Crippen LogP contribution in [0.5, 0.6) is 0 Å².